The first-order valence-electron chi connectivity index (χ1n) is 9.21. The molecule has 0 unspecified atom stereocenters. The van der Waals surface area contributed by atoms with Gasteiger partial charge in [-0.2, -0.15) is 4.68 Å². The molecule has 4 N–H and O–H groups in total. The summed E-state index contributed by atoms with van der Waals surface area (Å²) < 4.78 is 1.66. The van der Waals surface area contributed by atoms with Crippen molar-refractivity contribution in [1.82, 2.24) is 30.3 Å². The second-order valence-corrected chi connectivity index (χ2v) is 8.59. The fraction of sp³-hybridized carbons (Fsp3) is 0.474. The topological polar surface area (TPSA) is 107 Å². The average molecular weight is 366 g/mol. The van der Waals surface area contributed by atoms with Gasteiger partial charge in [-0.05, 0) is 52.7 Å². The molecule has 1 saturated heterocycles. The van der Waals surface area contributed by atoms with Crippen LogP contribution >= 0.6 is 0 Å². The summed E-state index contributed by atoms with van der Waals surface area (Å²) in [6, 6.07) is 7.99. The van der Waals surface area contributed by atoms with Crippen molar-refractivity contribution in [2.45, 2.75) is 57.7 Å². The lowest BCUT2D eigenvalue weighted by molar-refractivity contribution is 0.170. The molecule has 0 amide bonds. The van der Waals surface area contributed by atoms with Crippen molar-refractivity contribution in [2.24, 2.45) is 0 Å². The summed E-state index contributed by atoms with van der Waals surface area (Å²) >= 11 is 0. The minimum Gasteiger partial charge on any atom is -0.393 e. The average Bonchev–Trinajstić information content (AvgIpc) is 2.98. The van der Waals surface area contributed by atoms with E-state index in [0.29, 0.717) is 17.3 Å². The molecule has 3 heterocycles. The van der Waals surface area contributed by atoms with Gasteiger partial charge in [0, 0.05) is 17.1 Å². The molecule has 1 fully saturated rings. The van der Waals surface area contributed by atoms with E-state index in [1.54, 1.807) is 4.68 Å². The van der Waals surface area contributed by atoms with Gasteiger partial charge in [0.1, 0.15) is 17.5 Å². The number of aromatic nitrogens is 5. The number of benzene rings is 1. The van der Waals surface area contributed by atoms with Crippen LogP contribution in [0, 0.1) is 0 Å². The van der Waals surface area contributed by atoms with Crippen molar-refractivity contribution < 1.29 is 0 Å². The summed E-state index contributed by atoms with van der Waals surface area (Å²) in [5.41, 5.74) is 8.63. The first-order chi connectivity index (χ1) is 12.7. The fourth-order valence-electron chi connectivity index (χ4n) is 4.31. The summed E-state index contributed by atoms with van der Waals surface area (Å²) in [5, 5.41) is 15.6. The van der Waals surface area contributed by atoms with E-state index in [0.717, 1.165) is 23.9 Å². The van der Waals surface area contributed by atoms with Gasteiger partial charge in [0.05, 0.1) is 5.52 Å². The number of fused-ring (bicyclic) bond motifs is 1. The third-order valence-corrected chi connectivity index (χ3v) is 4.95. The minimum absolute atomic E-state index is 0.0339. The standard InChI is InChI=1S/C19H26N8/c1-18(2)9-12(10-19(3,4)25-18)23-16-15(20)17(22-11-21-16)27-14-8-6-5-7-13(14)24-26-27/h5-8,11-12,25H,9-10,20H2,1-4H3,(H,21,22,23). The molecule has 1 aromatic carbocycles. The lowest BCUT2D eigenvalue weighted by Crippen LogP contribution is -2.60. The van der Waals surface area contributed by atoms with E-state index in [1.807, 2.05) is 24.3 Å². The van der Waals surface area contributed by atoms with E-state index < -0.39 is 0 Å². The van der Waals surface area contributed by atoms with Crippen LogP contribution in [0.2, 0.25) is 0 Å². The maximum absolute atomic E-state index is 6.43. The Hall–Kier alpha value is -2.74. The van der Waals surface area contributed by atoms with Gasteiger partial charge in [-0.3, -0.25) is 0 Å². The summed E-state index contributed by atoms with van der Waals surface area (Å²) in [6.45, 7) is 8.88. The summed E-state index contributed by atoms with van der Waals surface area (Å²) in [5.74, 6) is 1.17. The molecular weight excluding hydrogens is 340 g/mol. The van der Waals surface area contributed by atoms with Gasteiger partial charge >= 0.3 is 0 Å². The SMILES string of the molecule is CC1(C)CC(Nc2ncnc(-n3nnc4ccccc43)c2N)CC(C)(C)N1. The third-order valence-electron chi connectivity index (χ3n) is 4.95. The van der Waals surface area contributed by atoms with E-state index in [-0.39, 0.29) is 17.1 Å². The van der Waals surface area contributed by atoms with E-state index in [1.165, 1.54) is 6.33 Å². The molecule has 27 heavy (non-hydrogen) atoms. The number of para-hydroxylation sites is 1. The highest BCUT2D eigenvalue weighted by atomic mass is 15.4. The zero-order chi connectivity index (χ0) is 19.2. The molecule has 0 atom stereocenters. The molecule has 0 bridgehead atoms. The number of nitrogens with two attached hydrogens (primary N) is 1. The van der Waals surface area contributed by atoms with E-state index in [2.05, 4.69) is 58.6 Å². The van der Waals surface area contributed by atoms with Crippen molar-refractivity contribution in [3.63, 3.8) is 0 Å². The molecule has 0 saturated carbocycles. The fourth-order valence-corrected chi connectivity index (χ4v) is 4.31. The van der Waals surface area contributed by atoms with Crippen LogP contribution in [0.15, 0.2) is 30.6 Å². The minimum atomic E-state index is 0.0339. The molecule has 4 rings (SSSR count). The molecular formula is C19H26N8. The third kappa shape index (κ3) is 3.44. The number of hydrogen-bond acceptors (Lipinski definition) is 7. The molecule has 0 spiro atoms. The number of hydrogen-bond donors (Lipinski definition) is 3. The molecule has 142 valence electrons. The molecule has 3 aromatic rings. The van der Waals surface area contributed by atoms with Crippen LogP contribution in [-0.4, -0.2) is 42.1 Å². The lowest BCUT2D eigenvalue weighted by atomic mass is 9.79. The van der Waals surface area contributed by atoms with Gasteiger partial charge in [-0.1, -0.05) is 17.3 Å². The van der Waals surface area contributed by atoms with Gasteiger partial charge in [-0.15, -0.1) is 5.10 Å². The van der Waals surface area contributed by atoms with Crippen molar-refractivity contribution in [3.8, 4) is 5.82 Å². The van der Waals surface area contributed by atoms with Crippen LogP contribution in [0.25, 0.3) is 16.9 Å². The molecule has 0 radical (unpaired) electrons. The molecule has 1 aliphatic rings. The zero-order valence-corrected chi connectivity index (χ0v) is 16.2. The Morgan fingerprint density at radius 3 is 2.56 bits per heavy atom. The first kappa shape index (κ1) is 17.7. The second kappa shape index (κ2) is 6.16. The van der Waals surface area contributed by atoms with Crippen LogP contribution in [0.3, 0.4) is 0 Å². The predicted molar refractivity (Wildman–Crippen MR) is 107 cm³/mol. The molecule has 1 aliphatic heterocycles. The highest BCUT2D eigenvalue weighted by Gasteiger charge is 2.38. The number of nitrogen functional groups attached to an aromatic ring is 1. The quantitative estimate of drug-likeness (QED) is 0.654. The molecule has 8 heteroatoms. The Balaban J connectivity index is 1.67. The van der Waals surface area contributed by atoms with E-state index in [9.17, 15) is 0 Å². The number of nitrogens with one attached hydrogen (secondary N) is 2. The highest BCUT2D eigenvalue weighted by molar-refractivity contribution is 5.78. The summed E-state index contributed by atoms with van der Waals surface area (Å²) in [7, 11) is 0. The molecule has 2 aromatic heterocycles. The molecule has 8 nitrogen and oxygen atoms in total. The number of nitrogens with zero attached hydrogens (tertiary/aromatic N) is 5. The smallest absolute Gasteiger partial charge is 0.184 e. The molecule has 0 aliphatic carbocycles. The Morgan fingerprint density at radius 1 is 1.11 bits per heavy atom. The zero-order valence-electron chi connectivity index (χ0n) is 16.2. The van der Waals surface area contributed by atoms with Crippen molar-refractivity contribution >= 4 is 22.5 Å². The van der Waals surface area contributed by atoms with Crippen LogP contribution in [0.4, 0.5) is 11.5 Å². The summed E-state index contributed by atoms with van der Waals surface area (Å²) in [4.78, 5) is 8.74. The maximum Gasteiger partial charge on any atom is 0.184 e. The van der Waals surface area contributed by atoms with Crippen LogP contribution in [-0.2, 0) is 0 Å². The lowest BCUT2D eigenvalue weighted by Gasteiger charge is -2.46. The Kier molecular flexibility index (Phi) is 4.03. The largest absolute Gasteiger partial charge is 0.393 e. The van der Waals surface area contributed by atoms with Gasteiger partial charge in [0.15, 0.2) is 11.6 Å². The van der Waals surface area contributed by atoms with Gasteiger partial charge in [-0.25, -0.2) is 9.97 Å². The van der Waals surface area contributed by atoms with Crippen molar-refractivity contribution in [1.29, 1.82) is 0 Å². The van der Waals surface area contributed by atoms with Gasteiger partial charge in [0.2, 0.25) is 0 Å². The number of anilines is 2. The monoisotopic (exact) mass is 366 g/mol. The van der Waals surface area contributed by atoms with Crippen molar-refractivity contribution in [2.75, 3.05) is 11.1 Å². The van der Waals surface area contributed by atoms with Crippen molar-refractivity contribution in [3.05, 3.63) is 30.6 Å². The maximum atomic E-state index is 6.43. The Bertz CT molecular complexity index is 959. The van der Waals surface area contributed by atoms with Crippen LogP contribution < -0.4 is 16.4 Å². The first-order valence-corrected chi connectivity index (χ1v) is 9.21. The van der Waals surface area contributed by atoms with Gasteiger partial charge < -0.3 is 16.4 Å². The normalized spacial score (nSPS) is 19.3. The van der Waals surface area contributed by atoms with Crippen LogP contribution in [0.1, 0.15) is 40.5 Å². The number of piperidine rings is 1. The Labute approximate surface area is 158 Å². The predicted octanol–water partition coefficient (Wildman–Crippen LogP) is 2.51. The van der Waals surface area contributed by atoms with E-state index in [4.69, 9.17) is 5.73 Å². The Morgan fingerprint density at radius 2 is 1.81 bits per heavy atom. The van der Waals surface area contributed by atoms with Gasteiger partial charge in [0.25, 0.3) is 0 Å². The van der Waals surface area contributed by atoms with Crippen LogP contribution in [0.5, 0.6) is 0 Å². The number of rotatable bonds is 3. The summed E-state index contributed by atoms with van der Waals surface area (Å²) in [6.07, 6.45) is 3.46. The second-order valence-electron chi connectivity index (χ2n) is 8.59. The highest BCUT2D eigenvalue weighted by Crippen LogP contribution is 2.32. The van der Waals surface area contributed by atoms with E-state index >= 15 is 0 Å².